The minimum Gasteiger partial charge on any atom is -0.385 e. The van der Waals surface area contributed by atoms with E-state index in [9.17, 15) is 0 Å². The first-order valence-corrected chi connectivity index (χ1v) is 8.35. The number of hydrogen-bond acceptors (Lipinski definition) is 3. The summed E-state index contributed by atoms with van der Waals surface area (Å²) < 4.78 is 5.04. The fourth-order valence-electron chi connectivity index (χ4n) is 2.29. The molecule has 2 N–H and O–H groups in total. The van der Waals surface area contributed by atoms with Crippen molar-refractivity contribution < 1.29 is 4.74 Å². The molecule has 0 aromatic heterocycles. The third-order valence-corrected chi connectivity index (χ3v) is 3.92. The highest BCUT2D eigenvalue weighted by Gasteiger charge is 2.09. The largest absolute Gasteiger partial charge is 0.385 e. The smallest absolute Gasteiger partial charge is 0.190 e. The summed E-state index contributed by atoms with van der Waals surface area (Å²) in [5.41, 5.74) is 1.35. The second kappa shape index (κ2) is 14.5. The van der Waals surface area contributed by atoms with Gasteiger partial charge in [-0.05, 0) is 32.4 Å². The van der Waals surface area contributed by atoms with E-state index in [1.54, 1.807) is 14.2 Å². The molecule has 0 radical (unpaired) electrons. The summed E-state index contributed by atoms with van der Waals surface area (Å²) in [6, 6.07) is 11.1. The Hall–Kier alpha value is -0.860. The van der Waals surface area contributed by atoms with E-state index in [1.165, 1.54) is 5.56 Å². The van der Waals surface area contributed by atoms with Crippen LogP contribution in [0, 0.1) is 0 Å². The SMILES string of the molecule is CN=C(NCCCOC)NCCC(C)N(C)Cc1ccccc1.I. The summed E-state index contributed by atoms with van der Waals surface area (Å²) in [5.74, 6) is 0.860. The van der Waals surface area contributed by atoms with Gasteiger partial charge in [-0.3, -0.25) is 9.89 Å². The van der Waals surface area contributed by atoms with E-state index in [2.05, 4.69) is 64.8 Å². The molecule has 24 heavy (non-hydrogen) atoms. The van der Waals surface area contributed by atoms with Gasteiger partial charge in [-0.25, -0.2) is 0 Å². The Kier molecular flexibility index (Phi) is 14.0. The minimum absolute atomic E-state index is 0. The van der Waals surface area contributed by atoms with Crippen molar-refractivity contribution in [2.45, 2.75) is 32.4 Å². The molecule has 6 heteroatoms. The number of nitrogens with zero attached hydrogens (tertiary/aromatic N) is 2. The second-order valence-electron chi connectivity index (χ2n) is 5.81. The van der Waals surface area contributed by atoms with Gasteiger partial charge < -0.3 is 15.4 Å². The van der Waals surface area contributed by atoms with Crippen LogP contribution in [0.1, 0.15) is 25.3 Å². The summed E-state index contributed by atoms with van der Waals surface area (Å²) in [4.78, 5) is 6.62. The summed E-state index contributed by atoms with van der Waals surface area (Å²) in [5, 5.41) is 6.66. The lowest BCUT2D eigenvalue weighted by atomic mass is 10.1. The van der Waals surface area contributed by atoms with Crippen molar-refractivity contribution in [1.29, 1.82) is 0 Å². The summed E-state index contributed by atoms with van der Waals surface area (Å²) in [6.07, 6.45) is 2.05. The van der Waals surface area contributed by atoms with Gasteiger partial charge in [0.25, 0.3) is 0 Å². The molecule has 1 aromatic carbocycles. The first kappa shape index (κ1) is 23.1. The predicted molar refractivity (Wildman–Crippen MR) is 113 cm³/mol. The normalized spacial score (nSPS) is 12.6. The van der Waals surface area contributed by atoms with Crippen LogP contribution < -0.4 is 10.6 Å². The number of benzene rings is 1. The van der Waals surface area contributed by atoms with Crippen molar-refractivity contribution in [2.24, 2.45) is 4.99 Å². The maximum absolute atomic E-state index is 5.04. The number of halogens is 1. The molecule has 1 rings (SSSR count). The maximum atomic E-state index is 5.04. The summed E-state index contributed by atoms with van der Waals surface area (Å²) in [7, 11) is 5.70. The van der Waals surface area contributed by atoms with Gasteiger partial charge in [0, 0.05) is 46.4 Å². The fourth-order valence-corrected chi connectivity index (χ4v) is 2.29. The number of aliphatic imine (C=N–C) groups is 1. The van der Waals surface area contributed by atoms with E-state index in [0.717, 1.165) is 45.0 Å². The van der Waals surface area contributed by atoms with Gasteiger partial charge in [0.2, 0.25) is 0 Å². The van der Waals surface area contributed by atoms with Crippen LogP contribution in [-0.4, -0.2) is 57.8 Å². The van der Waals surface area contributed by atoms with Gasteiger partial charge in [0.05, 0.1) is 0 Å². The van der Waals surface area contributed by atoms with Crippen LogP contribution in [0.4, 0.5) is 0 Å². The molecule has 1 atom stereocenters. The van der Waals surface area contributed by atoms with Crippen molar-refractivity contribution in [1.82, 2.24) is 15.5 Å². The number of hydrogen-bond donors (Lipinski definition) is 2. The van der Waals surface area contributed by atoms with Gasteiger partial charge in [-0.2, -0.15) is 0 Å². The highest BCUT2D eigenvalue weighted by Crippen LogP contribution is 2.07. The molecule has 0 saturated carbocycles. The number of guanidine groups is 1. The molecule has 0 saturated heterocycles. The quantitative estimate of drug-likeness (QED) is 0.250. The van der Waals surface area contributed by atoms with Gasteiger partial charge >= 0.3 is 0 Å². The Morgan fingerprint density at radius 2 is 1.88 bits per heavy atom. The molecule has 0 aliphatic rings. The number of nitrogens with one attached hydrogen (secondary N) is 2. The molecule has 0 amide bonds. The molecule has 0 aliphatic heterocycles. The van der Waals surface area contributed by atoms with Crippen molar-refractivity contribution in [3.63, 3.8) is 0 Å². The zero-order valence-electron chi connectivity index (χ0n) is 15.4. The van der Waals surface area contributed by atoms with Crippen molar-refractivity contribution in [3.05, 3.63) is 35.9 Å². The molecule has 0 spiro atoms. The third-order valence-electron chi connectivity index (χ3n) is 3.92. The highest BCUT2D eigenvalue weighted by molar-refractivity contribution is 14.0. The Bertz CT molecular complexity index is 442. The van der Waals surface area contributed by atoms with Crippen molar-refractivity contribution in [3.8, 4) is 0 Å². The lowest BCUT2D eigenvalue weighted by Crippen LogP contribution is -2.40. The molecule has 0 bridgehead atoms. The van der Waals surface area contributed by atoms with E-state index in [0.29, 0.717) is 6.04 Å². The Labute approximate surface area is 164 Å². The molecule has 138 valence electrons. The first-order valence-electron chi connectivity index (χ1n) is 8.35. The standard InChI is InChI=1S/C18H32N4O.HI/c1-16(22(3)15-17-9-6-5-7-10-17)11-13-21-18(19-2)20-12-8-14-23-4;/h5-7,9-10,16H,8,11-15H2,1-4H3,(H2,19,20,21);1H. The van der Waals surface area contributed by atoms with E-state index >= 15 is 0 Å². The fraction of sp³-hybridized carbons (Fsp3) is 0.611. The van der Waals surface area contributed by atoms with Crippen molar-refractivity contribution >= 4 is 29.9 Å². The van der Waals surface area contributed by atoms with Gasteiger partial charge in [-0.15, -0.1) is 24.0 Å². The monoisotopic (exact) mass is 448 g/mol. The molecule has 5 nitrogen and oxygen atoms in total. The second-order valence-corrected chi connectivity index (χ2v) is 5.81. The lowest BCUT2D eigenvalue weighted by Gasteiger charge is -2.25. The zero-order chi connectivity index (χ0) is 16.9. The van der Waals surface area contributed by atoms with Gasteiger partial charge in [-0.1, -0.05) is 30.3 Å². The van der Waals surface area contributed by atoms with Crippen LogP contribution >= 0.6 is 24.0 Å². The molecule has 1 aromatic rings. The summed E-state index contributed by atoms with van der Waals surface area (Å²) in [6.45, 7) is 5.79. The molecular formula is C18H33IN4O. The average molecular weight is 448 g/mol. The van der Waals surface area contributed by atoms with Crippen LogP contribution in [0.3, 0.4) is 0 Å². The Morgan fingerprint density at radius 1 is 1.21 bits per heavy atom. The van der Waals surface area contributed by atoms with Crippen LogP contribution in [0.5, 0.6) is 0 Å². The van der Waals surface area contributed by atoms with Crippen LogP contribution in [0.25, 0.3) is 0 Å². The maximum Gasteiger partial charge on any atom is 0.190 e. The number of ether oxygens (including phenoxy) is 1. The number of rotatable bonds is 10. The minimum atomic E-state index is 0. The lowest BCUT2D eigenvalue weighted by molar-refractivity contribution is 0.195. The summed E-state index contributed by atoms with van der Waals surface area (Å²) >= 11 is 0. The predicted octanol–water partition coefficient (Wildman–Crippen LogP) is 2.72. The zero-order valence-corrected chi connectivity index (χ0v) is 17.7. The highest BCUT2D eigenvalue weighted by atomic mass is 127. The number of methoxy groups -OCH3 is 1. The Balaban J connectivity index is 0.00000529. The van der Waals surface area contributed by atoms with Gasteiger partial charge in [0.1, 0.15) is 0 Å². The first-order chi connectivity index (χ1) is 11.2. The molecule has 0 fully saturated rings. The van der Waals surface area contributed by atoms with Crippen LogP contribution in [0.2, 0.25) is 0 Å². The molecule has 1 unspecified atom stereocenters. The van der Waals surface area contributed by atoms with E-state index < -0.39 is 0 Å². The average Bonchev–Trinajstić information content (AvgIpc) is 2.57. The Morgan fingerprint density at radius 3 is 2.50 bits per heavy atom. The van der Waals surface area contributed by atoms with Crippen molar-refractivity contribution in [2.75, 3.05) is 40.9 Å². The van der Waals surface area contributed by atoms with E-state index in [4.69, 9.17) is 4.74 Å². The molecule has 0 heterocycles. The third kappa shape index (κ3) is 10.1. The molecular weight excluding hydrogens is 415 g/mol. The van der Waals surface area contributed by atoms with Crippen LogP contribution in [-0.2, 0) is 11.3 Å². The molecule has 0 aliphatic carbocycles. The topological polar surface area (TPSA) is 48.9 Å². The van der Waals surface area contributed by atoms with Gasteiger partial charge in [0.15, 0.2) is 5.96 Å². The van der Waals surface area contributed by atoms with E-state index in [-0.39, 0.29) is 24.0 Å². The van der Waals surface area contributed by atoms with Crippen LogP contribution in [0.15, 0.2) is 35.3 Å². The van der Waals surface area contributed by atoms with E-state index in [1.807, 2.05) is 0 Å².